The number of aromatic nitrogens is 2. The molecule has 5 heteroatoms. The van der Waals surface area contributed by atoms with Crippen molar-refractivity contribution in [1.82, 2.24) is 14.9 Å². The second-order valence-electron chi connectivity index (χ2n) is 8.86. The van der Waals surface area contributed by atoms with Gasteiger partial charge in [0.15, 0.2) is 0 Å². The van der Waals surface area contributed by atoms with Crippen LogP contribution in [0.5, 0.6) is 0 Å². The zero-order valence-electron chi connectivity index (χ0n) is 18.7. The van der Waals surface area contributed by atoms with Gasteiger partial charge >= 0.3 is 0 Å². The predicted molar refractivity (Wildman–Crippen MR) is 127 cm³/mol. The zero-order valence-corrected chi connectivity index (χ0v) is 18.7. The second-order valence-corrected chi connectivity index (χ2v) is 8.86. The van der Waals surface area contributed by atoms with E-state index in [2.05, 4.69) is 53.3 Å². The van der Waals surface area contributed by atoms with Crippen LogP contribution in [0.2, 0.25) is 0 Å². The first-order valence-electron chi connectivity index (χ1n) is 11.8. The number of benzene rings is 2. The topological polar surface area (TPSA) is 67.2 Å². The number of likely N-dealkylation sites (tertiary alicyclic amines) is 1. The van der Waals surface area contributed by atoms with Gasteiger partial charge in [-0.25, -0.2) is 4.98 Å². The van der Waals surface area contributed by atoms with E-state index in [1.165, 1.54) is 30.4 Å². The van der Waals surface area contributed by atoms with Crippen LogP contribution in [0.15, 0.2) is 48.5 Å². The smallest absolute Gasteiger partial charge is 0.141 e. The number of hydrogen-bond donors (Lipinski definition) is 2. The molecule has 1 aliphatic heterocycles. The molecule has 0 bridgehead atoms. The minimum Gasteiger partial charge on any atom is -0.362 e. The van der Waals surface area contributed by atoms with Crippen LogP contribution >= 0.6 is 0 Å². The number of imidazole rings is 1. The average Bonchev–Trinajstić information content (AvgIpc) is 3.23. The van der Waals surface area contributed by atoms with Crippen LogP contribution < -0.4 is 5.73 Å². The molecule has 166 valence electrons. The minimum absolute atomic E-state index is 0.169. The number of rotatable bonds is 10. The lowest BCUT2D eigenvalue weighted by molar-refractivity contribution is -0.0264. The Hall–Kier alpha value is -2.21. The largest absolute Gasteiger partial charge is 0.362 e. The van der Waals surface area contributed by atoms with E-state index in [4.69, 9.17) is 15.5 Å². The molecule has 1 atom stereocenters. The summed E-state index contributed by atoms with van der Waals surface area (Å²) in [5.74, 6) is 0.903. The maximum Gasteiger partial charge on any atom is 0.141 e. The molecule has 3 aromatic rings. The molecule has 0 saturated carbocycles. The number of nitrogens with zero attached hydrogens (tertiary/aromatic N) is 2. The fraction of sp³-hybridized carbons (Fsp3) is 0.500. The number of aromatic amines is 1. The van der Waals surface area contributed by atoms with Gasteiger partial charge in [-0.1, -0.05) is 49.2 Å². The van der Waals surface area contributed by atoms with Gasteiger partial charge in [0, 0.05) is 13.1 Å². The molecular weight excluding hydrogens is 384 g/mol. The summed E-state index contributed by atoms with van der Waals surface area (Å²) < 4.78 is 6.72. The average molecular weight is 421 g/mol. The van der Waals surface area contributed by atoms with Gasteiger partial charge in [0.25, 0.3) is 0 Å². The van der Waals surface area contributed by atoms with E-state index < -0.39 is 0 Å². The summed E-state index contributed by atoms with van der Waals surface area (Å²) in [7, 11) is 2.18. The van der Waals surface area contributed by atoms with E-state index in [0.29, 0.717) is 0 Å². The fourth-order valence-electron chi connectivity index (χ4n) is 4.45. The van der Waals surface area contributed by atoms with Gasteiger partial charge in [-0.2, -0.15) is 0 Å². The Bertz CT molecular complexity index is 912. The van der Waals surface area contributed by atoms with Gasteiger partial charge in [0.2, 0.25) is 0 Å². The molecule has 1 saturated heterocycles. The van der Waals surface area contributed by atoms with Gasteiger partial charge < -0.3 is 20.4 Å². The molecule has 1 aliphatic rings. The maximum atomic E-state index is 6.72. The number of fused-ring (bicyclic) bond motifs is 1. The summed E-state index contributed by atoms with van der Waals surface area (Å²) in [5, 5.41) is 0. The van der Waals surface area contributed by atoms with Crippen molar-refractivity contribution in [3.8, 4) is 0 Å². The van der Waals surface area contributed by atoms with Gasteiger partial charge in [-0.05, 0) is 69.0 Å². The first-order chi connectivity index (χ1) is 15.2. The summed E-state index contributed by atoms with van der Waals surface area (Å²) in [6.45, 7) is 2.96. The third kappa shape index (κ3) is 5.94. The summed E-state index contributed by atoms with van der Waals surface area (Å²) in [6.07, 6.45) is 8.10. The van der Waals surface area contributed by atoms with Crippen LogP contribution in [0, 0.1) is 0 Å². The lowest BCUT2D eigenvalue weighted by Gasteiger charge is -2.31. The molecule has 2 aromatic carbocycles. The molecule has 0 amide bonds. The molecule has 2 heterocycles. The highest BCUT2D eigenvalue weighted by atomic mass is 16.5. The van der Waals surface area contributed by atoms with E-state index in [1.807, 2.05) is 12.1 Å². The lowest BCUT2D eigenvalue weighted by Crippen LogP contribution is -2.35. The van der Waals surface area contributed by atoms with Crippen molar-refractivity contribution < 1.29 is 4.74 Å². The summed E-state index contributed by atoms with van der Waals surface area (Å²) in [5.41, 5.74) is 10.2. The number of hydrogen-bond acceptors (Lipinski definition) is 4. The summed E-state index contributed by atoms with van der Waals surface area (Å²) in [6, 6.07) is 17.1. The molecule has 0 radical (unpaired) electrons. The highest BCUT2D eigenvalue weighted by Crippen LogP contribution is 2.30. The van der Waals surface area contributed by atoms with E-state index in [-0.39, 0.29) is 12.2 Å². The molecule has 3 N–H and O–H groups in total. The van der Waals surface area contributed by atoms with Crippen molar-refractivity contribution in [3.05, 3.63) is 65.5 Å². The number of nitrogens with two attached hydrogens (primary N) is 1. The van der Waals surface area contributed by atoms with Gasteiger partial charge in [-0.15, -0.1) is 0 Å². The van der Waals surface area contributed by atoms with Crippen molar-refractivity contribution in [2.24, 2.45) is 5.73 Å². The molecule has 0 aliphatic carbocycles. The van der Waals surface area contributed by atoms with Crippen molar-refractivity contribution in [1.29, 1.82) is 0 Å². The molecule has 5 nitrogen and oxygen atoms in total. The Morgan fingerprint density at radius 1 is 1.06 bits per heavy atom. The van der Waals surface area contributed by atoms with Gasteiger partial charge in [0.05, 0.1) is 17.1 Å². The number of aryl methyl sites for hydroxylation is 1. The Morgan fingerprint density at radius 2 is 1.87 bits per heavy atom. The first-order valence-corrected chi connectivity index (χ1v) is 11.8. The van der Waals surface area contributed by atoms with Crippen LogP contribution in [0.1, 0.15) is 61.6 Å². The third-order valence-corrected chi connectivity index (χ3v) is 6.32. The maximum absolute atomic E-state index is 6.72. The normalized spacial score (nSPS) is 16.7. The summed E-state index contributed by atoms with van der Waals surface area (Å²) >= 11 is 0. The lowest BCUT2D eigenvalue weighted by atomic mass is 10.0. The zero-order chi connectivity index (χ0) is 21.5. The van der Waals surface area contributed by atoms with E-state index in [0.717, 1.165) is 62.2 Å². The van der Waals surface area contributed by atoms with Crippen LogP contribution in [0.3, 0.4) is 0 Å². The summed E-state index contributed by atoms with van der Waals surface area (Å²) in [4.78, 5) is 10.8. The Balaban J connectivity index is 1.54. The quantitative estimate of drug-likeness (QED) is 0.461. The first kappa shape index (κ1) is 22.0. The number of unbranched alkanes of at least 4 members (excludes halogenated alkanes) is 3. The third-order valence-electron chi connectivity index (χ3n) is 6.32. The number of H-pyrrole nitrogens is 1. The predicted octanol–water partition coefficient (Wildman–Crippen LogP) is 4.82. The van der Waals surface area contributed by atoms with Gasteiger partial charge in [0.1, 0.15) is 11.9 Å². The molecule has 0 spiro atoms. The van der Waals surface area contributed by atoms with Crippen LogP contribution in [0.4, 0.5) is 0 Å². The molecule has 1 aromatic heterocycles. The Morgan fingerprint density at radius 3 is 2.68 bits per heavy atom. The van der Waals surface area contributed by atoms with Crippen molar-refractivity contribution in [2.45, 2.75) is 57.2 Å². The Kier molecular flexibility index (Phi) is 7.73. The van der Waals surface area contributed by atoms with Crippen LogP contribution in [-0.2, 0) is 11.2 Å². The van der Waals surface area contributed by atoms with Gasteiger partial charge in [-0.3, -0.25) is 0 Å². The molecule has 1 unspecified atom stereocenters. The highest BCUT2D eigenvalue weighted by molar-refractivity contribution is 5.74. The Labute approximate surface area is 186 Å². The number of para-hydroxylation sites is 2. The molecular formula is C26H36N4O. The fourth-order valence-corrected chi connectivity index (χ4v) is 4.45. The highest BCUT2D eigenvalue weighted by Gasteiger charge is 2.26. The monoisotopic (exact) mass is 420 g/mol. The van der Waals surface area contributed by atoms with E-state index in [9.17, 15) is 0 Å². The molecule has 1 fully saturated rings. The number of nitrogens with one attached hydrogen (secondary N) is 1. The second kappa shape index (κ2) is 10.9. The molecule has 31 heavy (non-hydrogen) atoms. The number of ether oxygens (including phenoxy) is 1. The van der Waals surface area contributed by atoms with Crippen LogP contribution in [0.25, 0.3) is 11.0 Å². The SMILES string of the molecule is CN1CCC(OC(c2cccc(CCCCCCN)c2)c2nc3ccccc3[nH]2)CC1. The van der Waals surface area contributed by atoms with E-state index in [1.54, 1.807) is 0 Å². The minimum atomic E-state index is -0.169. The standard InChI is InChI=1S/C26H36N4O/c1-30-17-14-22(15-18-30)31-25(26-28-23-12-5-6-13-24(23)29-26)21-11-8-10-20(19-21)9-4-2-3-7-16-27/h5-6,8,10-13,19,22,25H,2-4,7,9,14-18,27H2,1H3,(H,28,29). The van der Waals surface area contributed by atoms with Crippen molar-refractivity contribution >= 4 is 11.0 Å². The van der Waals surface area contributed by atoms with E-state index >= 15 is 0 Å². The van der Waals surface area contributed by atoms with Crippen LogP contribution in [-0.4, -0.2) is 47.7 Å². The molecule has 4 rings (SSSR count). The number of piperidine rings is 1. The van der Waals surface area contributed by atoms with Crippen molar-refractivity contribution in [3.63, 3.8) is 0 Å². The van der Waals surface area contributed by atoms with Crippen molar-refractivity contribution in [2.75, 3.05) is 26.7 Å².